The van der Waals surface area contributed by atoms with Crippen LogP contribution in [0.5, 0.6) is 5.75 Å². The maximum absolute atomic E-state index is 12.8. The SMILES string of the molecule is CN1CCN(CCC(C)(C)NS(=O)(=O)c2ccc3c(c2)CCO3)CC1. The molecule has 3 rings (SSSR count). The number of piperazine rings is 1. The molecular weight excluding hydrogens is 338 g/mol. The zero-order chi connectivity index (χ0) is 18.1. The summed E-state index contributed by atoms with van der Waals surface area (Å²) >= 11 is 0. The molecule has 2 heterocycles. The van der Waals surface area contributed by atoms with E-state index in [-0.39, 0.29) is 0 Å². The van der Waals surface area contributed by atoms with Gasteiger partial charge in [-0.05, 0) is 51.1 Å². The van der Waals surface area contributed by atoms with E-state index in [1.54, 1.807) is 18.2 Å². The van der Waals surface area contributed by atoms with Gasteiger partial charge in [0.05, 0.1) is 11.5 Å². The maximum atomic E-state index is 12.8. The molecule has 0 atom stereocenters. The van der Waals surface area contributed by atoms with E-state index >= 15 is 0 Å². The van der Waals surface area contributed by atoms with Crippen molar-refractivity contribution in [2.45, 2.75) is 37.1 Å². The lowest BCUT2D eigenvalue weighted by Crippen LogP contribution is -2.49. The van der Waals surface area contributed by atoms with E-state index < -0.39 is 15.6 Å². The monoisotopic (exact) mass is 367 g/mol. The number of rotatable bonds is 6. The van der Waals surface area contributed by atoms with Crippen molar-refractivity contribution in [1.29, 1.82) is 0 Å². The van der Waals surface area contributed by atoms with Gasteiger partial charge >= 0.3 is 0 Å². The average Bonchev–Trinajstić information content (AvgIpc) is 3.01. The minimum absolute atomic E-state index is 0.324. The number of benzene rings is 1. The second-order valence-electron chi connectivity index (χ2n) is 7.75. The fraction of sp³-hybridized carbons (Fsp3) is 0.667. The Balaban J connectivity index is 1.61. The minimum Gasteiger partial charge on any atom is -0.493 e. The lowest BCUT2D eigenvalue weighted by atomic mass is 10.0. The topological polar surface area (TPSA) is 61.9 Å². The lowest BCUT2D eigenvalue weighted by Gasteiger charge is -2.35. The summed E-state index contributed by atoms with van der Waals surface area (Å²) in [5.74, 6) is 0.799. The first-order valence-corrected chi connectivity index (χ1v) is 10.4. The van der Waals surface area contributed by atoms with Gasteiger partial charge in [-0.3, -0.25) is 0 Å². The van der Waals surface area contributed by atoms with Gasteiger partial charge in [-0.15, -0.1) is 0 Å². The molecule has 25 heavy (non-hydrogen) atoms. The van der Waals surface area contributed by atoms with Crippen LogP contribution in [0.4, 0.5) is 0 Å². The smallest absolute Gasteiger partial charge is 0.241 e. The fourth-order valence-corrected chi connectivity index (χ4v) is 4.80. The molecule has 0 spiro atoms. The normalized spacial score (nSPS) is 19.6. The van der Waals surface area contributed by atoms with Crippen molar-refractivity contribution in [1.82, 2.24) is 14.5 Å². The number of nitrogens with zero attached hydrogens (tertiary/aromatic N) is 2. The number of ether oxygens (including phenoxy) is 1. The van der Waals surface area contributed by atoms with E-state index in [2.05, 4.69) is 21.6 Å². The average molecular weight is 368 g/mol. The van der Waals surface area contributed by atoms with Crippen molar-refractivity contribution in [3.05, 3.63) is 23.8 Å². The number of nitrogens with one attached hydrogen (secondary N) is 1. The van der Waals surface area contributed by atoms with Crippen molar-refractivity contribution in [2.24, 2.45) is 0 Å². The largest absolute Gasteiger partial charge is 0.493 e. The Kier molecular flexibility index (Phi) is 5.39. The van der Waals surface area contributed by atoms with E-state index in [1.807, 2.05) is 13.8 Å². The quantitative estimate of drug-likeness (QED) is 0.822. The highest BCUT2D eigenvalue weighted by Crippen LogP contribution is 2.28. The molecule has 1 fully saturated rings. The summed E-state index contributed by atoms with van der Waals surface area (Å²) in [6.07, 6.45) is 1.55. The van der Waals surface area contributed by atoms with Crippen LogP contribution in [0.1, 0.15) is 25.8 Å². The summed E-state index contributed by atoms with van der Waals surface area (Å²) in [6.45, 7) is 9.68. The molecule has 1 N–H and O–H groups in total. The highest BCUT2D eigenvalue weighted by atomic mass is 32.2. The van der Waals surface area contributed by atoms with Gasteiger partial charge in [0.2, 0.25) is 10.0 Å². The van der Waals surface area contributed by atoms with Crippen molar-refractivity contribution in [2.75, 3.05) is 46.4 Å². The van der Waals surface area contributed by atoms with E-state index in [0.717, 1.165) is 56.9 Å². The van der Waals surface area contributed by atoms with E-state index in [1.165, 1.54) is 0 Å². The second-order valence-corrected chi connectivity index (χ2v) is 9.43. The summed E-state index contributed by atoms with van der Waals surface area (Å²) in [7, 11) is -1.40. The molecule has 0 aliphatic carbocycles. The van der Waals surface area contributed by atoms with Gasteiger partial charge in [0, 0.05) is 44.7 Å². The van der Waals surface area contributed by atoms with Crippen molar-refractivity contribution in [3.63, 3.8) is 0 Å². The summed E-state index contributed by atoms with van der Waals surface area (Å²) in [6, 6.07) is 5.12. The molecule has 0 unspecified atom stereocenters. The summed E-state index contributed by atoms with van der Waals surface area (Å²) < 4.78 is 33.9. The molecular formula is C18H29N3O3S. The van der Waals surface area contributed by atoms with Crippen LogP contribution in [0.15, 0.2) is 23.1 Å². The van der Waals surface area contributed by atoms with Gasteiger partial charge < -0.3 is 14.5 Å². The van der Waals surface area contributed by atoms with E-state index in [9.17, 15) is 8.42 Å². The van der Waals surface area contributed by atoms with Gasteiger partial charge in [0.1, 0.15) is 5.75 Å². The van der Waals surface area contributed by atoms with Gasteiger partial charge in [-0.1, -0.05) is 0 Å². The number of hydrogen-bond acceptors (Lipinski definition) is 5. The van der Waals surface area contributed by atoms with Gasteiger partial charge in [-0.2, -0.15) is 0 Å². The third-order valence-corrected chi connectivity index (χ3v) is 6.73. The molecule has 2 aliphatic rings. The van der Waals surface area contributed by atoms with Crippen molar-refractivity contribution < 1.29 is 13.2 Å². The first-order chi connectivity index (χ1) is 11.8. The molecule has 6 nitrogen and oxygen atoms in total. The molecule has 140 valence electrons. The molecule has 0 amide bonds. The van der Waals surface area contributed by atoms with Crippen LogP contribution in [-0.2, 0) is 16.4 Å². The molecule has 0 aromatic heterocycles. The van der Waals surface area contributed by atoms with Crippen LogP contribution in [-0.4, -0.2) is 70.1 Å². The van der Waals surface area contributed by atoms with Crippen LogP contribution >= 0.6 is 0 Å². The second kappa shape index (κ2) is 7.23. The number of fused-ring (bicyclic) bond motifs is 1. The van der Waals surface area contributed by atoms with Gasteiger partial charge in [-0.25, -0.2) is 13.1 Å². The lowest BCUT2D eigenvalue weighted by molar-refractivity contribution is 0.144. The molecule has 1 aromatic rings. The van der Waals surface area contributed by atoms with Crippen molar-refractivity contribution in [3.8, 4) is 5.75 Å². The van der Waals surface area contributed by atoms with Crippen LogP contribution in [0.3, 0.4) is 0 Å². The Bertz CT molecular complexity index is 710. The van der Waals surface area contributed by atoms with E-state index in [4.69, 9.17) is 4.74 Å². The summed E-state index contributed by atoms with van der Waals surface area (Å²) in [5.41, 5.74) is 0.482. The number of sulfonamides is 1. The maximum Gasteiger partial charge on any atom is 0.241 e. The predicted molar refractivity (Wildman–Crippen MR) is 98.6 cm³/mol. The molecule has 1 aromatic carbocycles. The Labute approximate surface area is 151 Å². The Morgan fingerprint density at radius 1 is 1.20 bits per heavy atom. The minimum atomic E-state index is -3.53. The first kappa shape index (κ1) is 18.6. The van der Waals surface area contributed by atoms with Crippen LogP contribution in [0, 0.1) is 0 Å². The fourth-order valence-electron chi connectivity index (χ4n) is 3.31. The third kappa shape index (κ3) is 4.73. The van der Waals surface area contributed by atoms with E-state index in [0.29, 0.717) is 11.5 Å². The highest BCUT2D eigenvalue weighted by Gasteiger charge is 2.28. The molecule has 7 heteroatoms. The Morgan fingerprint density at radius 3 is 2.64 bits per heavy atom. The molecule has 0 radical (unpaired) electrons. The molecule has 0 bridgehead atoms. The standard InChI is InChI=1S/C18H29N3O3S/c1-18(2,7-8-21-11-9-20(3)10-12-21)19-25(22,23)16-4-5-17-15(14-16)6-13-24-17/h4-5,14,19H,6-13H2,1-3H3. The zero-order valence-corrected chi connectivity index (χ0v) is 16.2. The van der Waals surface area contributed by atoms with Gasteiger partial charge in [0.15, 0.2) is 0 Å². The molecule has 0 saturated carbocycles. The Morgan fingerprint density at radius 2 is 1.92 bits per heavy atom. The highest BCUT2D eigenvalue weighted by molar-refractivity contribution is 7.89. The number of likely N-dealkylation sites (N-methyl/N-ethyl adjacent to an activating group) is 1. The van der Waals surface area contributed by atoms with Crippen molar-refractivity contribution >= 4 is 10.0 Å². The zero-order valence-electron chi connectivity index (χ0n) is 15.4. The number of hydrogen-bond donors (Lipinski definition) is 1. The van der Waals surface area contributed by atoms with Crippen LogP contribution in [0.25, 0.3) is 0 Å². The summed E-state index contributed by atoms with van der Waals surface area (Å²) in [5, 5.41) is 0. The third-order valence-electron chi connectivity index (χ3n) is 5.03. The van der Waals surface area contributed by atoms with Crippen LogP contribution in [0.2, 0.25) is 0 Å². The first-order valence-electron chi connectivity index (χ1n) is 8.96. The van der Waals surface area contributed by atoms with Gasteiger partial charge in [0.25, 0.3) is 0 Å². The van der Waals surface area contributed by atoms with Crippen LogP contribution < -0.4 is 9.46 Å². The predicted octanol–water partition coefficient (Wildman–Crippen LogP) is 1.32. The Hall–Kier alpha value is -1.15. The summed E-state index contributed by atoms with van der Waals surface area (Å²) in [4.78, 5) is 5.05. The molecule has 1 saturated heterocycles. The molecule has 2 aliphatic heterocycles.